The summed E-state index contributed by atoms with van der Waals surface area (Å²) in [7, 11) is 0. The van der Waals surface area contributed by atoms with Gasteiger partial charge < -0.3 is 14.9 Å². The van der Waals surface area contributed by atoms with Gasteiger partial charge in [0.2, 0.25) is 0 Å². The van der Waals surface area contributed by atoms with Crippen LogP contribution < -0.4 is 0 Å². The summed E-state index contributed by atoms with van der Waals surface area (Å²) in [4.78, 5) is 14.3. The lowest BCUT2D eigenvalue weighted by Gasteiger charge is -2.36. The van der Waals surface area contributed by atoms with E-state index in [-0.39, 0.29) is 12.8 Å². The topological polar surface area (TPSA) is 43.8 Å². The molecule has 0 atom stereocenters. The quantitative estimate of drug-likeness (QED) is 0.829. The zero-order valence-electron chi connectivity index (χ0n) is 10.4. The van der Waals surface area contributed by atoms with Crippen LogP contribution in [0.2, 0.25) is 0 Å². The van der Waals surface area contributed by atoms with E-state index in [1.165, 1.54) is 4.90 Å². The fraction of sp³-hybridized carbons (Fsp3) is 0.917. The van der Waals surface area contributed by atoms with E-state index in [9.17, 15) is 13.6 Å². The second-order valence-corrected chi connectivity index (χ2v) is 5.37. The number of hydrogen-bond acceptors (Lipinski definition) is 2. The highest BCUT2D eigenvalue weighted by molar-refractivity contribution is 5.64. The van der Waals surface area contributed by atoms with Crippen LogP contribution in [-0.4, -0.2) is 59.6 Å². The van der Waals surface area contributed by atoms with Crippen LogP contribution in [0.25, 0.3) is 0 Å². The van der Waals surface area contributed by atoms with E-state index in [0.29, 0.717) is 32.1 Å². The molecule has 0 bridgehead atoms. The van der Waals surface area contributed by atoms with Crippen LogP contribution in [0.3, 0.4) is 0 Å². The molecule has 2 aliphatic rings. The lowest BCUT2D eigenvalue weighted by atomic mass is 9.95. The van der Waals surface area contributed by atoms with Gasteiger partial charge in [-0.05, 0) is 18.8 Å². The van der Waals surface area contributed by atoms with Crippen molar-refractivity contribution in [2.75, 3.05) is 32.7 Å². The number of halogens is 2. The maximum absolute atomic E-state index is 13.0. The minimum Gasteiger partial charge on any atom is -0.465 e. The van der Waals surface area contributed by atoms with Crippen molar-refractivity contribution in [1.82, 2.24) is 9.80 Å². The number of nitrogens with zero attached hydrogens (tertiary/aromatic N) is 2. The van der Waals surface area contributed by atoms with E-state index in [0.717, 1.165) is 19.4 Å². The molecule has 2 heterocycles. The predicted molar refractivity (Wildman–Crippen MR) is 62.9 cm³/mol. The highest BCUT2D eigenvalue weighted by Gasteiger charge is 2.34. The zero-order chi connectivity index (χ0) is 13.2. The fourth-order valence-electron chi connectivity index (χ4n) is 2.73. The van der Waals surface area contributed by atoms with E-state index in [1.807, 2.05) is 0 Å². The van der Waals surface area contributed by atoms with Gasteiger partial charge in [0.25, 0.3) is 5.92 Å². The summed E-state index contributed by atoms with van der Waals surface area (Å²) in [5.41, 5.74) is 0. The highest BCUT2D eigenvalue weighted by atomic mass is 19.3. The number of hydrogen-bond donors (Lipinski definition) is 1. The van der Waals surface area contributed by atoms with Crippen molar-refractivity contribution in [3.05, 3.63) is 0 Å². The average Bonchev–Trinajstić information content (AvgIpc) is 2.33. The first-order valence-electron chi connectivity index (χ1n) is 6.54. The molecular weight excluding hydrogens is 242 g/mol. The van der Waals surface area contributed by atoms with Crippen molar-refractivity contribution in [2.24, 2.45) is 5.92 Å². The van der Waals surface area contributed by atoms with Crippen molar-refractivity contribution in [3.63, 3.8) is 0 Å². The standard InChI is InChI=1S/C12H20F2N2O2/c13-12(14)3-7-15(8-4-12)9-10-1-5-16(6-2-10)11(17)18/h10H,1-9H2,(H,17,18). The lowest BCUT2D eigenvalue weighted by Crippen LogP contribution is -2.44. The Kier molecular flexibility index (Phi) is 4.04. The predicted octanol–water partition coefficient (Wildman–Crippen LogP) is 2.11. The molecule has 0 aromatic heterocycles. The molecule has 1 N–H and O–H groups in total. The molecule has 0 aromatic carbocycles. The van der Waals surface area contributed by atoms with Crippen molar-refractivity contribution in [2.45, 2.75) is 31.6 Å². The van der Waals surface area contributed by atoms with Gasteiger partial charge in [0.15, 0.2) is 0 Å². The van der Waals surface area contributed by atoms with Gasteiger partial charge in [-0.25, -0.2) is 13.6 Å². The summed E-state index contributed by atoms with van der Waals surface area (Å²) < 4.78 is 26.0. The second kappa shape index (κ2) is 5.38. The van der Waals surface area contributed by atoms with Crippen LogP contribution >= 0.6 is 0 Å². The molecule has 2 fully saturated rings. The van der Waals surface area contributed by atoms with E-state index < -0.39 is 12.0 Å². The number of carboxylic acid groups (broad SMARTS) is 1. The lowest BCUT2D eigenvalue weighted by molar-refractivity contribution is -0.0584. The molecule has 0 aromatic rings. The number of alkyl halides is 2. The molecule has 18 heavy (non-hydrogen) atoms. The molecule has 0 unspecified atom stereocenters. The van der Waals surface area contributed by atoms with Gasteiger partial charge >= 0.3 is 6.09 Å². The summed E-state index contributed by atoms with van der Waals surface area (Å²) in [5.74, 6) is -2.03. The van der Waals surface area contributed by atoms with Gasteiger partial charge in [0.1, 0.15) is 0 Å². The zero-order valence-corrected chi connectivity index (χ0v) is 10.4. The van der Waals surface area contributed by atoms with Gasteiger partial charge in [0, 0.05) is 45.6 Å². The highest BCUT2D eigenvalue weighted by Crippen LogP contribution is 2.29. The number of amides is 1. The van der Waals surface area contributed by atoms with Crippen LogP contribution in [0.4, 0.5) is 13.6 Å². The van der Waals surface area contributed by atoms with Gasteiger partial charge in [-0.15, -0.1) is 0 Å². The Morgan fingerprint density at radius 2 is 1.72 bits per heavy atom. The average molecular weight is 262 g/mol. The summed E-state index contributed by atoms with van der Waals surface area (Å²) in [5, 5.41) is 8.84. The molecule has 1 amide bonds. The van der Waals surface area contributed by atoms with Gasteiger partial charge in [0.05, 0.1) is 0 Å². The van der Waals surface area contributed by atoms with Gasteiger partial charge in [-0.2, -0.15) is 0 Å². The van der Waals surface area contributed by atoms with Gasteiger partial charge in [-0.3, -0.25) is 0 Å². The third kappa shape index (κ3) is 3.54. The van der Waals surface area contributed by atoms with Crippen molar-refractivity contribution in [1.29, 1.82) is 0 Å². The van der Waals surface area contributed by atoms with E-state index >= 15 is 0 Å². The molecule has 0 saturated carbocycles. The summed E-state index contributed by atoms with van der Waals surface area (Å²) in [6, 6.07) is 0. The number of piperidine rings is 2. The van der Waals surface area contributed by atoms with E-state index in [1.54, 1.807) is 0 Å². The van der Waals surface area contributed by atoms with Crippen molar-refractivity contribution < 1.29 is 18.7 Å². The molecule has 0 aliphatic carbocycles. The monoisotopic (exact) mass is 262 g/mol. The normalized spacial score (nSPS) is 26.2. The third-order valence-electron chi connectivity index (χ3n) is 3.99. The SMILES string of the molecule is O=C(O)N1CCC(CN2CCC(F)(F)CC2)CC1. The molecule has 104 valence electrons. The van der Waals surface area contributed by atoms with E-state index in [4.69, 9.17) is 5.11 Å². The molecule has 6 heteroatoms. The van der Waals surface area contributed by atoms with Crippen LogP contribution in [-0.2, 0) is 0 Å². The third-order valence-corrected chi connectivity index (χ3v) is 3.99. The minimum absolute atomic E-state index is 0.0407. The molecule has 2 rings (SSSR count). The first-order chi connectivity index (χ1) is 8.46. The Balaban J connectivity index is 1.71. The van der Waals surface area contributed by atoms with Crippen molar-refractivity contribution in [3.8, 4) is 0 Å². The maximum Gasteiger partial charge on any atom is 0.407 e. The second-order valence-electron chi connectivity index (χ2n) is 5.37. The minimum atomic E-state index is -2.48. The van der Waals surface area contributed by atoms with E-state index in [2.05, 4.69) is 4.90 Å². The Bertz CT molecular complexity index is 294. The molecular formula is C12H20F2N2O2. The van der Waals surface area contributed by atoms with Crippen molar-refractivity contribution >= 4 is 6.09 Å². The molecule has 4 nitrogen and oxygen atoms in total. The summed E-state index contributed by atoms with van der Waals surface area (Å²) in [6.07, 6.45) is 0.756. The smallest absolute Gasteiger partial charge is 0.407 e. The molecule has 2 aliphatic heterocycles. The van der Waals surface area contributed by atoms with Crippen LogP contribution in [0.5, 0.6) is 0 Å². The molecule has 0 radical (unpaired) electrons. The molecule has 0 spiro atoms. The Morgan fingerprint density at radius 3 is 2.22 bits per heavy atom. The van der Waals surface area contributed by atoms with Crippen LogP contribution in [0.15, 0.2) is 0 Å². The first-order valence-corrected chi connectivity index (χ1v) is 6.54. The molecule has 2 saturated heterocycles. The first kappa shape index (κ1) is 13.5. The Labute approximate surface area is 106 Å². The number of carbonyl (C=O) groups is 1. The summed E-state index contributed by atoms with van der Waals surface area (Å²) >= 11 is 0. The number of likely N-dealkylation sites (tertiary alicyclic amines) is 2. The largest absolute Gasteiger partial charge is 0.465 e. The Hall–Kier alpha value is -0.910. The van der Waals surface area contributed by atoms with Gasteiger partial charge in [-0.1, -0.05) is 0 Å². The Morgan fingerprint density at radius 1 is 1.17 bits per heavy atom. The maximum atomic E-state index is 13.0. The number of rotatable bonds is 2. The fourth-order valence-corrected chi connectivity index (χ4v) is 2.73. The van der Waals surface area contributed by atoms with Crippen LogP contribution in [0.1, 0.15) is 25.7 Å². The van der Waals surface area contributed by atoms with Crippen LogP contribution in [0, 0.1) is 5.92 Å². The summed E-state index contributed by atoms with van der Waals surface area (Å²) in [6.45, 7) is 2.91.